The zero-order valence-corrected chi connectivity index (χ0v) is 17.1. The van der Waals surface area contributed by atoms with Crippen molar-refractivity contribution in [2.24, 2.45) is 5.73 Å². The number of amides is 1. The lowest BCUT2D eigenvalue weighted by Gasteiger charge is -2.32. The highest BCUT2D eigenvalue weighted by Crippen LogP contribution is 2.23. The molecule has 0 aliphatic carbocycles. The van der Waals surface area contributed by atoms with Gasteiger partial charge in [0, 0.05) is 25.7 Å². The molecule has 0 spiro atoms. The second-order valence-electron chi connectivity index (χ2n) is 7.06. The standard InChI is InChI=1S/C18H27N3O4S.ClH/c1-13-2-5-16(6-3-13)26(23,24)21-10-8-14(9-11-21)20-18(22)17-7-4-15(12-19)25-17;/h2-3,5-6,14-15,17H,4,7-12,19H2,1H3,(H,20,22);1H/t15-,17+;/m1./s1. The van der Waals surface area contributed by atoms with Crippen LogP contribution in [0.3, 0.4) is 0 Å². The number of ether oxygens (including phenoxy) is 1. The van der Waals surface area contributed by atoms with Crippen molar-refractivity contribution in [3.05, 3.63) is 29.8 Å². The second kappa shape index (κ2) is 9.34. The van der Waals surface area contributed by atoms with Gasteiger partial charge in [0.1, 0.15) is 6.10 Å². The van der Waals surface area contributed by atoms with E-state index in [0.29, 0.717) is 43.8 Å². The van der Waals surface area contributed by atoms with Crippen LogP contribution in [0.5, 0.6) is 0 Å². The molecule has 9 heteroatoms. The summed E-state index contributed by atoms with van der Waals surface area (Å²) in [6.45, 7) is 3.16. The first-order valence-corrected chi connectivity index (χ1v) is 10.6. The number of halogens is 1. The number of carbonyl (C=O) groups excluding carboxylic acids is 1. The van der Waals surface area contributed by atoms with Crippen molar-refractivity contribution in [3.8, 4) is 0 Å². The molecule has 0 saturated carbocycles. The van der Waals surface area contributed by atoms with Crippen LogP contribution in [0.2, 0.25) is 0 Å². The van der Waals surface area contributed by atoms with Crippen LogP contribution in [0.4, 0.5) is 0 Å². The van der Waals surface area contributed by atoms with Crippen LogP contribution in [-0.4, -0.2) is 56.5 Å². The van der Waals surface area contributed by atoms with Gasteiger partial charge in [0.25, 0.3) is 0 Å². The van der Waals surface area contributed by atoms with E-state index in [-0.39, 0.29) is 30.5 Å². The predicted octanol–water partition coefficient (Wildman–Crippen LogP) is 1.19. The molecule has 0 bridgehead atoms. The number of nitrogens with one attached hydrogen (secondary N) is 1. The fourth-order valence-corrected chi connectivity index (χ4v) is 4.94. The Morgan fingerprint density at radius 1 is 1.19 bits per heavy atom. The third-order valence-electron chi connectivity index (χ3n) is 5.12. The summed E-state index contributed by atoms with van der Waals surface area (Å²) in [6, 6.07) is 6.87. The molecule has 1 amide bonds. The van der Waals surface area contributed by atoms with Crippen LogP contribution >= 0.6 is 12.4 Å². The molecule has 3 rings (SSSR count). The van der Waals surface area contributed by atoms with Crippen molar-refractivity contribution in [3.63, 3.8) is 0 Å². The average molecular weight is 418 g/mol. The van der Waals surface area contributed by atoms with Crippen molar-refractivity contribution in [1.82, 2.24) is 9.62 Å². The maximum atomic E-state index is 12.7. The highest BCUT2D eigenvalue weighted by Gasteiger charge is 2.33. The number of benzene rings is 1. The molecule has 7 nitrogen and oxygen atoms in total. The van der Waals surface area contributed by atoms with E-state index in [9.17, 15) is 13.2 Å². The van der Waals surface area contributed by atoms with Gasteiger partial charge in [-0.3, -0.25) is 4.79 Å². The molecule has 152 valence electrons. The summed E-state index contributed by atoms with van der Waals surface area (Å²) in [5.41, 5.74) is 6.60. The molecule has 1 aromatic carbocycles. The lowest BCUT2D eigenvalue weighted by Crippen LogP contribution is -2.48. The van der Waals surface area contributed by atoms with E-state index < -0.39 is 16.1 Å². The number of nitrogens with zero attached hydrogens (tertiary/aromatic N) is 1. The van der Waals surface area contributed by atoms with Crippen molar-refractivity contribution in [2.45, 2.75) is 55.8 Å². The molecule has 2 saturated heterocycles. The Kier molecular flexibility index (Phi) is 7.64. The molecule has 2 fully saturated rings. The SMILES string of the molecule is Cc1ccc(S(=O)(=O)N2CCC(NC(=O)[C@@H]3CC[C@H](CN)O3)CC2)cc1.Cl. The van der Waals surface area contributed by atoms with Crippen molar-refractivity contribution >= 4 is 28.3 Å². The molecule has 27 heavy (non-hydrogen) atoms. The van der Waals surface area contributed by atoms with Crippen LogP contribution < -0.4 is 11.1 Å². The number of piperidine rings is 1. The minimum Gasteiger partial charge on any atom is -0.364 e. The quantitative estimate of drug-likeness (QED) is 0.749. The summed E-state index contributed by atoms with van der Waals surface area (Å²) >= 11 is 0. The highest BCUT2D eigenvalue weighted by atomic mass is 35.5. The van der Waals surface area contributed by atoms with Gasteiger partial charge in [0.15, 0.2) is 0 Å². The number of hydrogen-bond acceptors (Lipinski definition) is 5. The van der Waals surface area contributed by atoms with Crippen LogP contribution in [0, 0.1) is 6.92 Å². The number of rotatable bonds is 5. The fourth-order valence-electron chi connectivity index (χ4n) is 3.47. The normalized spacial score (nSPS) is 24.4. The van der Waals surface area contributed by atoms with Gasteiger partial charge in [-0.2, -0.15) is 4.31 Å². The lowest BCUT2D eigenvalue weighted by molar-refractivity contribution is -0.132. The van der Waals surface area contributed by atoms with E-state index in [4.69, 9.17) is 10.5 Å². The molecule has 0 aromatic heterocycles. The Bertz CT molecular complexity index is 733. The van der Waals surface area contributed by atoms with Gasteiger partial charge >= 0.3 is 0 Å². The third kappa shape index (κ3) is 5.20. The van der Waals surface area contributed by atoms with E-state index in [1.54, 1.807) is 24.3 Å². The molecule has 0 unspecified atom stereocenters. The summed E-state index contributed by atoms with van der Waals surface area (Å²) in [7, 11) is -3.47. The molecule has 2 heterocycles. The zero-order chi connectivity index (χ0) is 18.7. The monoisotopic (exact) mass is 417 g/mol. The number of aryl methyl sites for hydroxylation is 1. The highest BCUT2D eigenvalue weighted by molar-refractivity contribution is 7.89. The fraction of sp³-hybridized carbons (Fsp3) is 0.611. The molecule has 2 aliphatic rings. The summed E-state index contributed by atoms with van der Waals surface area (Å²) in [5, 5.41) is 3.00. The first kappa shape index (κ1) is 22.1. The summed E-state index contributed by atoms with van der Waals surface area (Å²) in [5.74, 6) is -0.110. The Morgan fingerprint density at radius 3 is 2.37 bits per heavy atom. The van der Waals surface area contributed by atoms with Gasteiger partial charge < -0.3 is 15.8 Å². The molecular weight excluding hydrogens is 390 g/mol. The van der Waals surface area contributed by atoms with Crippen LogP contribution in [0.1, 0.15) is 31.2 Å². The smallest absolute Gasteiger partial charge is 0.249 e. The van der Waals surface area contributed by atoms with E-state index in [1.165, 1.54) is 4.31 Å². The van der Waals surface area contributed by atoms with Gasteiger partial charge in [-0.15, -0.1) is 12.4 Å². The Morgan fingerprint density at radius 2 is 1.81 bits per heavy atom. The first-order valence-electron chi connectivity index (χ1n) is 9.13. The number of hydrogen-bond donors (Lipinski definition) is 2. The van der Waals surface area contributed by atoms with Crippen molar-refractivity contribution in [2.75, 3.05) is 19.6 Å². The van der Waals surface area contributed by atoms with E-state index in [2.05, 4.69) is 5.32 Å². The first-order chi connectivity index (χ1) is 12.4. The molecule has 1 aromatic rings. The van der Waals surface area contributed by atoms with E-state index in [0.717, 1.165) is 12.0 Å². The minimum absolute atomic E-state index is 0. The Labute approximate surface area is 167 Å². The Balaban J connectivity index is 0.00000261. The van der Waals surface area contributed by atoms with Crippen molar-refractivity contribution in [1.29, 1.82) is 0 Å². The maximum Gasteiger partial charge on any atom is 0.249 e. The minimum atomic E-state index is -3.47. The average Bonchev–Trinajstić information content (AvgIpc) is 3.12. The molecule has 2 aliphatic heterocycles. The molecular formula is C18H28ClN3O4S. The van der Waals surface area contributed by atoms with E-state index >= 15 is 0 Å². The zero-order valence-electron chi connectivity index (χ0n) is 15.5. The van der Waals surface area contributed by atoms with Gasteiger partial charge in [-0.25, -0.2) is 8.42 Å². The van der Waals surface area contributed by atoms with Gasteiger partial charge in [0.2, 0.25) is 15.9 Å². The lowest BCUT2D eigenvalue weighted by atomic mass is 10.1. The largest absolute Gasteiger partial charge is 0.364 e. The second-order valence-corrected chi connectivity index (χ2v) is 9.00. The predicted molar refractivity (Wildman–Crippen MR) is 105 cm³/mol. The van der Waals surface area contributed by atoms with Crippen LogP contribution in [-0.2, 0) is 19.6 Å². The summed E-state index contributed by atoms with van der Waals surface area (Å²) in [6.07, 6.45) is 2.23. The van der Waals surface area contributed by atoms with Crippen LogP contribution in [0.15, 0.2) is 29.2 Å². The summed E-state index contributed by atoms with van der Waals surface area (Å²) < 4.78 is 32.5. The van der Waals surface area contributed by atoms with Crippen LogP contribution in [0.25, 0.3) is 0 Å². The van der Waals surface area contributed by atoms with Gasteiger partial charge in [0.05, 0.1) is 11.0 Å². The number of nitrogens with two attached hydrogens (primary N) is 1. The van der Waals surface area contributed by atoms with Crippen molar-refractivity contribution < 1.29 is 17.9 Å². The molecule has 2 atom stereocenters. The third-order valence-corrected chi connectivity index (χ3v) is 7.03. The molecule has 0 radical (unpaired) electrons. The number of sulfonamides is 1. The molecule has 3 N–H and O–H groups in total. The topological polar surface area (TPSA) is 102 Å². The number of carbonyl (C=O) groups is 1. The maximum absolute atomic E-state index is 12.7. The van der Waals surface area contributed by atoms with E-state index in [1.807, 2.05) is 6.92 Å². The summed E-state index contributed by atoms with van der Waals surface area (Å²) in [4.78, 5) is 12.6. The van der Waals surface area contributed by atoms with Gasteiger partial charge in [-0.1, -0.05) is 17.7 Å². The van der Waals surface area contributed by atoms with Gasteiger partial charge in [-0.05, 0) is 44.7 Å². The Hall–Kier alpha value is -1.19.